The molecule has 7 nitrogen and oxygen atoms in total. The zero-order valence-electron chi connectivity index (χ0n) is 17.7. The van der Waals surface area contributed by atoms with Crippen molar-refractivity contribution in [2.24, 2.45) is 5.10 Å². The van der Waals surface area contributed by atoms with Crippen LogP contribution >= 0.6 is 23.2 Å². The summed E-state index contributed by atoms with van der Waals surface area (Å²) < 4.78 is 5.38. The smallest absolute Gasteiger partial charge is 0.244 e. The molecule has 9 heteroatoms. The van der Waals surface area contributed by atoms with Gasteiger partial charge in [0.05, 0.1) is 12.1 Å². The van der Waals surface area contributed by atoms with E-state index in [-0.39, 0.29) is 19.1 Å². The van der Waals surface area contributed by atoms with Gasteiger partial charge in [-0.3, -0.25) is 9.80 Å². The molecule has 1 amide bonds. The Morgan fingerprint density at radius 1 is 1.26 bits per heavy atom. The van der Waals surface area contributed by atoms with Crippen LogP contribution in [-0.4, -0.2) is 78.0 Å². The average molecular weight is 465 g/mol. The molecule has 0 atom stereocenters. The molecule has 1 fully saturated rings. The molecule has 3 aliphatic rings. The van der Waals surface area contributed by atoms with E-state index in [2.05, 4.69) is 21.8 Å². The summed E-state index contributed by atoms with van der Waals surface area (Å²) in [4.78, 5) is 17.0. The minimum Gasteiger partial charge on any atom is -0.495 e. The van der Waals surface area contributed by atoms with Crippen molar-refractivity contribution < 1.29 is 14.6 Å². The van der Waals surface area contributed by atoms with Crippen LogP contribution in [0, 0.1) is 11.8 Å². The lowest BCUT2D eigenvalue weighted by molar-refractivity contribution is -0.133. The highest BCUT2D eigenvalue weighted by Crippen LogP contribution is 2.25. The standard InChI is InChI=1S/C22H26Cl2N4O3/c1-16-20(24)13-17(5-4-12-29)25-28(16)15-22(30)27-10-8-26(9-11-27)18-6-3-7-19(23)21(14-18)31-2/h3,6,14,29H,7-13,15H2,1-2H3. The molecule has 0 radical (unpaired) electrons. The summed E-state index contributed by atoms with van der Waals surface area (Å²) in [6, 6.07) is 0. The Hall–Kier alpha value is -2.40. The third kappa shape index (κ3) is 5.85. The van der Waals surface area contributed by atoms with Crippen LogP contribution in [-0.2, 0) is 9.53 Å². The van der Waals surface area contributed by atoms with Crippen LogP contribution in [0.4, 0.5) is 0 Å². The molecule has 0 spiro atoms. The van der Waals surface area contributed by atoms with Crippen molar-refractivity contribution in [1.29, 1.82) is 0 Å². The van der Waals surface area contributed by atoms with Crippen molar-refractivity contribution in [2.75, 3.05) is 46.4 Å². The van der Waals surface area contributed by atoms with Crippen LogP contribution in [0.5, 0.6) is 0 Å². The van der Waals surface area contributed by atoms with Crippen molar-refractivity contribution in [2.45, 2.75) is 19.8 Å². The summed E-state index contributed by atoms with van der Waals surface area (Å²) in [5.41, 5.74) is 2.31. The second-order valence-electron chi connectivity index (χ2n) is 7.25. The SMILES string of the molecule is COC1=C(Cl)CC=CC(N2CCN(C(=O)CN3N=C(C#CCO)CC(Cl)=C3C)CC2)=C1. The number of carbonyl (C=O) groups excluding carboxylic acids is 1. The molecule has 2 heterocycles. The third-order valence-corrected chi connectivity index (χ3v) is 6.04. The third-order valence-electron chi connectivity index (χ3n) is 5.29. The fraction of sp³-hybridized carbons (Fsp3) is 0.455. The van der Waals surface area contributed by atoms with Crippen molar-refractivity contribution in [3.63, 3.8) is 0 Å². The van der Waals surface area contributed by atoms with Crippen molar-refractivity contribution >= 4 is 34.8 Å². The number of amides is 1. The molecule has 3 rings (SSSR count). The highest BCUT2D eigenvalue weighted by Gasteiger charge is 2.26. The van der Waals surface area contributed by atoms with E-state index in [0.29, 0.717) is 60.6 Å². The fourth-order valence-electron chi connectivity index (χ4n) is 3.49. The van der Waals surface area contributed by atoms with Gasteiger partial charge < -0.3 is 19.6 Å². The number of methoxy groups -OCH3 is 1. The largest absolute Gasteiger partial charge is 0.495 e. The van der Waals surface area contributed by atoms with E-state index in [9.17, 15) is 4.79 Å². The number of rotatable bonds is 4. The highest BCUT2D eigenvalue weighted by atomic mass is 35.5. The van der Waals surface area contributed by atoms with Gasteiger partial charge in [-0.25, -0.2) is 0 Å². The first-order valence-corrected chi connectivity index (χ1v) is 10.8. The minimum absolute atomic E-state index is 0.0190. The number of piperazine rings is 1. The van der Waals surface area contributed by atoms with Crippen molar-refractivity contribution in [3.8, 4) is 11.8 Å². The molecule has 1 N–H and O–H groups in total. The van der Waals surface area contributed by atoms with Gasteiger partial charge >= 0.3 is 0 Å². The number of nitrogens with zero attached hydrogens (tertiary/aromatic N) is 4. The summed E-state index contributed by atoms with van der Waals surface area (Å²) in [6.45, 7) is 4.32. The number of aliphatic hydroxyl groups is 1. The Kier molecular flexibility index (Phi) is 8.08. The summed E-state index contributed by atoms with van der Waals surface area (Å²) in [6.07, 6.45) is 7.05. The Balaban J connectivity index is 1.61. The number of carbonyl (C=O) groups is 1. The van der Waals surface area contributed by atoms with Crippen LogP contribution in [0.25, 0.3) is 0 Å². The van der Waals surface area contributed by atoms with Crippen LogP contribution in [0.1, 0.15) is 19.8 Å². The fourth-order valence-corrected chi connectivity index (χ4v) is 3.93. The van der Waals surface area contributed by atoms with E-state index < -0.39 is 0 Å². The molecule has 166 valence electrons. The van der Waals surface area contributed by atoms with Gasteiger partial charge in [0.25, 0.3) is 0 Å². The van der Waals surface area contributed by atoms with Gasteiger partial charge in [-0.1, -0.05) is 35.2 Å². The first-order chi connectivity index (χ1) is 14.9. The first kappa shape index (κ1) is 23.3. The Morgan fingerprint density at radius 3 is 2.68 bits per heavy atom. The van der Waals surface area contributed by atoms with E-state index in [1.165, 1.54) is 0 Å². The first-order valence-electron chi connectivity index (χ1n) is 10.1. The maximum atomic E-state index is 12.9. The zero-order valence-corrected chi connectivity index (χ0v) is 19.2. The van der Waals surface area contributed by atoms with E-state index in [1.54, 1.807) is 12.1 Å². The number of halogens is 2. The van der Waals surface area contributed by atoms with E-state index >= 15 is 0 Å². The number of hydrogen-bond acceptors (Lipinski definition) is 6. The number of hydrogen-bond donors (Lipinski definition) is 1. The highest BCUT2D eigenvalue weighted by molar-refractivity contribution is 6.32. The minimum atomic E-state index is -0.248. The summed E-state index contributed by atoms with van der Waals surface area (Å²) >= 11 is 12.6. The monoisotopic (exact) mass is 464 g/mol. The second kappa shape index (κ2) is 10.8. The van der Waals surface area contributed by atoms with Gasteiger partial charge in [0.1, 0.15) is 24.6 Å². The Morgan fingerprint density at radius 2 is 2.00 bits per heavy atom. The second-order valence-corrected chi connectivity index (χ2v) is 8.16. The Bertz CT molecular complexity index is 932. The van der Waals surface area contributed by atoms with Crippen LogP contribution in [0.2, 0.25) is 0 Å². The molecular formula is C22H26Cl2N4O3. The predicted molar refractivity (Wildman–Crippen MR) is 122 cm³/mol. The van der Waals surface area contributed by atoms with Crippen LogP contribution in [0.3, 0.4) is 0 Å². The number of ether oxygens (including phenoxy) is 1. The number of hydrazone groups is 1. The predicted octanol–water partition coefficient (Wildman–Crippen LogP) is 2.60. The molecule has 2 aliphatic heterocycles. The summed E-state index contributed by atoms with van der Waals surface area (Å²) in [7, 11) is 1.61. The van der Waals surface area contributed by atoms with E-state index in [0.717, 1.165) is 11.4 Å². The maximum absolute atomic E-state index is 12.9. The van der Waals surface area contributed by atoms with Gasteiger partial charge in [0, 0.05) is 61.5 Å². The van der Waals surface area contributed by atoms with Gasteiger partial charge in [-0.15, -0.1) is 0 Å². The van der Waals surface area contributed by atoms with Gasteiger partial charge in [-0.05, 0) is 18.9 Å². The molecule has 0 aromatic rings. The van der Waals surface area contributed by atoms with Gasteiger partial charge in [-0.2, -0.15) is 5.10 Å². The van der Waals surface area contributed by atoms with Crippen LogP contribution < -0.4 is 0 Å². The molecule has 0 saturated carbocycles. The summed E-state index contributed by atoms with van der Waals surface area (Å²) in [5.74, 6) is 6.01. The average Bonchev–Trinajstić information content (AvgIpc) is 2.96. The molecular weight excluding hydrogens is 439 g/mol. The quantitative estimate of drug-likeness (QED) is 0.647. The van der Waals surface area contributed by atoms with E-state index in [4.69, 9.17) is 33.0 Å². The van der Waals surface area contributed by atoms with Crippen LogP contribution in [0.15, 0.2) is 50.5 Å². The molecule has 0 aromatic heterocycles. The maximum Gasteiger partial charge on any atom is 0.244 e. The Labute approximate surface area is 192 Å². The topological polar surface area (TPSA) is 68.6 Å². The molecule has 1 aliphatic carbocycles. The molecule has 1 saturated heterocycles. The number of allylic oxidation sites excluding steroid dienone is 6. The molecule has 0 unspecified atom stereocenters. The van der Waals surface area contributed by atoms with Crippen molar-refractivity contribution in [1.82, 2.24) is 14.8 Å². The molecule has 31 heavy (non-hydrogen) atoms. The van der Waals surface area contributed by atoms with Crippen molar-refractivity contribution in [3.05, 3.63) is 45.4 Å². The lowest BCUT2D eigenvalue weighted by Crippen LogP contribution is -2.50. The van der Waals surface area contributed by atoms with E-state index in [1.807, 2.05) is 30.1 Å². The summed E-state index contributed by atoms with van der Waals surface area (Å²) in [5, 5.41) is 16.2. The normalized spacial score (nSPS) is 19.6. The lowest BCUT2D eigenvalue weighted by atomic mass is 10.2. The van der Waals surface area contributed by atoms with Gasteiger partial charge in [0.15, 0.2) is 0 Å². The van der Waals surface area contributed by atoms with Gasteiger partial charge in [0.2, 0.25) is 5.91 Å². The molecule has 0 aromatic carbocycles. The molecule has 0 bridgehead atoms. The number of aliphatic hydroxyl groups excluding tert-OH is 1. The lowest BCUT2D eigenvalue weighted by Gasteiger charge is -2.37. The zero-order chi connectivity index (χ0) is 22.4.